The van der Waals surface area contributed by atoms with E-state index in [2.05, 4.69) is 36.4 Å². The molecule has 5 nitrogen and oxygen atoms in total. The number of rotatable bonds is 6. The molecule has 1 fully saturated rings. The molecule has 5 heteroatoms. The highest BCUT2D eigenvalue weighted by Crippen LogP contribution is 1.99. The fraction of sp³-hybridized carbons (Fsp3) is 0.917. The first-order valence-corrected chi connectivity index (χ1v) is 6.45. The molecule has 0 aromatic rings. The van der Waals surface area contributed by atoms with Gasteiger partial charge in [0.2, 0.25) is 0 Å². The summed E-state index contributed by atoms with van der Waals surface area (Å²) in [4.78, 5) is 14.0. The van der Waals surface area contributed by atoms with E-state index < -0.39 is 0 Å². The summed E-state index contributed by atoms with van der Waals surface area (Å²) in [5.41, 5.74) is 0. The van der Waals surface area contributed by atoms with Crippen molar-refractivity contribution in [1.29, 1.82) is 0 Å². The third-order valence-electron chi connectivity index (χ3n) is 3.33. The maximum absolute atomic E-state index is 11.7. The monoisotopic (exact) mass is 243 g/mol. The first-order valence-electron chi connectivity index (χ1n) is 6.45. The van der Waals surface area contributed by atoms with Gasteiger partial charge in [-0.05, 0) is 20.4 Å². The van der Waals surface area contributed by atoms with Crippen LogP contribution in [0.3, 0.4) is 0 Å². The lowest BCUT2D eigenvalue weighted by Gasteiger charge is -2.25. The van der Waals surface area contributed by atoms with E-state index in [0.717, 1.165) is 19.5 Å². The summed E-state index contributed by atoms with van der Waals surface area (Å²) in [7, 11) is 2.08. The molecule has 2 N–H and O–H groups in total. The Labute approximate surface area is 104 Å². The standard InChI is InChI=1S/C12H25N3O2/c1-4-10(2)15(3)7-5-14-12(16)11-9-13-6-8-17-11/h10-11,13H,4-9H2,1-3H3,(H,14,16). The molecule has 0 aromatic carbocycles. The highest BCUT2D eigenvalue weighted by Gasteiger charge is 2.21. The molecule has 100 valence electrons. The summed E-state index contributed by atoms with van der Waals surface area (Å²) in [6.45, 7) is 7.98. The van der Waals surface area contributed by atoms with E-state index in [0.29, 0.717) is 25.7 Å². The topological polar surface area (TPSA) is 53.6 Å². The lowest BCUT2D eigenvalue weighted by Crippen LogP contribution is -2.49. The summed E-state index contributed by atoms with van der Waals surface area (Å²) < 4.78 is 5.38. The van der Waals surface area contributed by atoms with Crippen molar-refractivity contribution in [3.05, 3.63) is 0 Å². The van der Waals surface area contributed by atoms with Crippen LogP contribution in [-0.4, -0.2) is 62.8 Å². The Kier molecular flexibility index (Phi) is 6.47. The Hall–Kier alpha value is -0.650. The van der Waals surface area contributed by atoms with E-state index in [1.165, 1.54) is 0 Å². The molecule has 0 spiro atoms. The number of carbonyl (C=O) groups excluding carboxylic acids is 1. The Balaban J connectivity index is 2.15. The maximum atomic E-state index is 11.7. The summed E-state index contributed by atoms with van der Waals surface area (Å²) >= 11 is 0. The average Bonchev–Trinajstić information content (AvgIpc) is 2.38. The number of likely N-dealkylation sites (N-methyl/N-ethyl adjacent to an activating group) is 1. The lowest BCUT2D eigenvalue weighted by atomic mass is 10.2. The smallest absolute Gasteiger partial charge is 0.250 e. The normalized spacial score (nSPS) is 22.5. The molecule has 1 rings (SSSR count). The number of hydrogen-bond acceptors (Lipinski definition) is 4. The average molecular weight is 243 g/mol. The molecule has 0 aliphatic carbocycles. The van der Waals surface area contributed by atoms with Gasteiger partial charge in [-0.2, -0.15) is 0 Å². The molecule has 0 saturated carbocycles. The molecular formula is C12H25N3O2. The first-order chi connectivity index (χ1) is 8.15. The molecule has 0 bridgehead atoms. The molecule has 1 heterocycles. The second-order valence-corrected chi connectivity index (χ2v) is 4.59. The molecular weight excluding hydrogens is 218 g/mol. The number of carbonyl (C=O) groups is 1. The van der Waals surface area contributed by atoms with Crippen LogP contribution in [0.25, 0.3) is 0 Å². The molecule has 1 amide bonds. The molecule has 17 heavy (non-hydrogen) atoms. The second-order valence-electron chi connectivity index (χ2n) is 4.59. The minimum atomic E-state index is -0.322. The molecule has 1 aliphatic rings. The van der Waals surface area contributed by atoms with Gasteiger partial charge in [-0.15, -0.1) is 0 Å². The van der Waals surface area contributed by atoms with Crippen molar-refractivity contribution >= 4 is 5.91 Å². The maximum Gasteiger partial charge on any atom is 0.250 e. The second kappa shape index (κ2) is 7.63. The molecule has 1 saturated heterocycles. The zero-order chi connectivity index (χ0) is 12.7. The Morgan fingerprint density at radius 3 is 3.00 bits per heavy atom. The van der Waals surface area contributed by atoms with Crippen LogP contribution in [-0.2, 0) is 9.53 Å². The number of hydrogen-bond donors (Lipinski definition) is 2. The van der Waals surface area contributed by atoms with Crippen LogP contribution in [0.1, 0.15) is 20.3 Å². The van der Waals surface area contributed by atoms with Gasteiger partial charge in [-0.3, -0.25) is 4.79 Å². The van der Waals surface area contributed by atoms with Gasteiger partial charge in [0.05, 0.1) is 6.61 Å². The summed E-state index contributed by atoms with van der Waals surface area (Å²) in [5, 5.41) is 6.06. The van der Waals surface area contributed by atoms with E-state index in [9.17, 15) is 4.79 Å². The van der Waals surface area contributed by atoms with E-state index in [-0.39, 0.29) is 12.0 Å². The number of nitrogens with zero attached hydrogens (tertiary/aromatic N) is 1. The zero-order valence-corrected chi connectivity index (χ0v) is 11.2. The van der Waals surface area contributed by atoms with Gasteiger partial charge in [0.1, 0.15) is 6.10 Å². The van der Waals surface area contributed by atoms with Gasteiger partial charge in [-0.25, -0.2) is 0 Å². The lowest BCUT2D eigenvalue weighted by molar-refractivity contribution is -0.134. The van der Waals surface area contributed by atoms with E-state index in [1.54, 1.807) is 0 Å². The Morgan fingerprint density at radius 1 is 1.65 bits per heavy atom. The van der Waals surface area contributed by atoms with E-state index in [1.807, 2.05) is 0 Å². The molecule has 2 atom stereocenters. The van der Waals surface area contributed by atoms with Crippen LogP contribution in [0.15, 0.2) is 0 Å². The minimum Gasteiger partial charge on any atom is -0.366 e. The van der Waals surface area contributed by atoms with Crippen LogP contribution in [0.4, 0.5) is 0 Å². The Morgan fingerprint density at radius 2 is 2.41 bits per heavy atom. The van der Waals surface area contributed by atoms with Gasteiger partial charge in [0.25, 0.3) is 5.91 Å². The fourth-order valence-corrected chi connectivity index (χ4v) is 1.74. The fourth-order valence-electron chi connectivity index (χ4n) is 1.74. The van der Waals surface area contributed by atoms with Crippen LogP contribution in [0, 0.1) is 0 Å². The van der Waals surface area contributed by atoms with E-state index in [4.69, 9.17) is 4.74 Å². The van der Waals surface area contributed by atoms with Gasteiger partial charge in [-0.1, -0.05) is 6.92 Å². The SMILES string of the molecule is CCC(C)N(C)CCNC(=O)C1CNCCO1. The van der Waals surface area contributed by atoms with Crippen molar-refractivity contribution in [1.82, 2.24) is 15.5 Å². The number of nitrogens with one attached hydrogen (secondary N) is 2. The van der Waals surface area contributed by atoms with Crippen molar-refractivity contribution in [3.63, 3.8) is 0 Å². The van der Waals surface area contributed by atoms with Crippen LogP contribution >= 0.6 is 0 Å². The largest absolute Gasteiger partial charge is 0.366 e. The number of morpholine rings is 1. The van der Waals surface area contributed by atoms with Gasteiger partial charge >= 0.3 is 0 Å². The molecule has 1 aliphatic heterocycles. The highest BCUT2D eigenvalue weighted by molar-refractivity contribution is 5.81. The summed E-state index contributed by atoms with van der Waals surface area (Å²) in [6, 6.07) is 0.555. The number of ether oxygens (including phenoxy) is 1. The minimum absolute atomic E-state index is 0.00486. The van der Waals surface area contributed by atoms with Crippen molar-refractivity contribution in [2.45, 2.75) is 32.4 Å². The van der Waals surface area contributed by atoms with Crippen LogP contribution in [0.2, 0.25) is 0 Å². The van der Waals surface area contributed by atoms with Crippen molar-refractivity contribution < 1.29 is 9.53 Å². The zero-order valence-electron chi connectivity index (χ0n) is 11.2. The van der Waals surface area contributed by atoms with Gasteiger partial charge in [0.15, 0.2) is 0 Å². The summed E-state index contributed by atoms with van der Waals surface area (Å²) in [6.07, 6.45) is 0.803. The van der Waals surface area contributed by atoms with Crippen molar-refractivity contribution in [2.75, 3.05) is 39.8 Å². The quantitative estimate of drug-likeness (QED) is 0.679. The third kappa shape index (κ3) is 5.02. The number of amides is 1. The Bertz CT molecular complexity index is 230. The molecule has 0 radical (unpaired) electrons. The van der Waals surface area contributed by atoms with E-state index >= 15 is 0 Å². The van der Waals surface area contributed by atoms with Crippen LogP contribution in [0.5, 0.6) is 0 Å². The highest BCUT2D eigenvalue weighted by atomic mass is 16.5. The first kappa shape index (κ1) is 14.4. The molecule has 2 unspecified atom stereocenters. The van der Waals surface area contributed by atoms with Crippen molar-refractivity contribution in [3.8, 4) is 0 Å². The third-order valence-corrected chi connectivity index (χ3v) is 3.33. The van der Waals surface area contributed by atoms with Gasteiger partial charge in [0, 0.05) is 32.2 Å². The predicted molar refractivity (Wildman–Crippen MR) is 68.0 cm³/mol. The molecule has 0 aromatic heterocycles. The predicted octanol–water partition coefficient (Wildman–Crippen LogP) is -0.179. The van der Waals surface area contributed by atoms with Crippen LogP contribution < -0.4 is 10.6 Å². The van der Waals surface area contributed by atoms with Crippen molar-refractivity contribution in [2.24, 2.45) is 0 Å². The van der Waals surface area contributed by atoms with Gasteiger partial charge < -0.3 is 20.3 Å². The summed E-state index contributed by atoms with van der Waals surface area (Å²) in [5.74, 6) is -0.00486.